The number of amides is 1. The first kappa shape index (κ1) is 20.1. The van der Waals surface area contributed by atoms with E-state index in [4.69, 9.17) is 10.5 Å². The van der Waals surface area contributed by atoms with Crippen molar-refractivity contribution in [2.75, 3.05) is 11.9 Å². The predicted molar refractivity (Wildman–Crippen MR) is 100 cm³/mol. The van der Waals surface area contributed by atoms with E-state index in [2.05, 4.69) is 15.5 Å². The Labute approximate surface area is 156 Å². The summed E-state index contributed by atoms with van der Waals surface area (Å²) in [6, 6.07) is 4.84. The zero-order valence-corrected chi connectivity index (χ0v) is 15.6. The SMILES string of the molecule is Cc1nnc(-c2cccc([N+](=O)[O-])c2N[C@H](C)CCCCOC(N)=O)n1C. The third-order valence-electron chi connectivity index (χ3n) is 4.24. The summed E-state index contributed by atoms with van der Waals surface area (Å²) < 4.78 is 6.48. The minimum Gasteiger partial charge on any atom is -0.450 e. The Morgan fingerprint density at radius 1 is 1.41 bits per heavy atom. The van der Waals surface area contributed by atoms with Crippen molar-refractivity contribution < 1.29 is 14.5 Å². The molecule has 1 aromatic heterocycles. The third kappa shape index (κ3) is 5.16. The molecule has 0 saturated heterocycles. The van der Waals surface area contributed by atoms with Gasteiger partial charge in [-0.2, -0.15) is 0 Å². The Hall–Kier alpha value is -3.17. The number of ether oxygens (including phenoxy) is 1. The number of hydrogen-bond acceptors (Lipinski definition) is 7. The summed E-state index contributed by atoms with van der Waals surface area (Å²) in [4.78, 5) is 21.6. The summed E-state index contributed by atoms with van der Waals surface area (Å²) in [5.41, 5.74) is 5.94. The number of carbonyl (C=O) groups is 1. The number of unbranched alkanes of at least 4 members (excludes halogenated alkanes) is 1. The van der Waals surface area contributed by atoms with Crippen LogP contribution in [0.25, 0.3) is 11.4 Å². The lowest BCUT2D eigenvalue weighted by molar-refractivity contribution is -0.383. The van der Waals surface area contributed by atoms with Crippen LogP contribution in [0.5, 0.6) is 0 Å². The number of rotatable bonds is 9. The molecule has 0 aliphatic heterocycles. The van der Waals surface area contributed by atoms with Gasteiger partial charge in [0.25, 0.3) is 5.69 Å². The van der Waals surface area contributed by atoms with E-state index in [9.17, 15) is 14.9 Å². The predicted octanol–water partition coefficient (Wildman–Crippen LogP) is 2.76. The number of para-hydroxylation sites is 1. The van der Waals surface area contributed by atoms with E-state index in [1.54, 1.807) is 16.7 Å². The van der Waals surface area contributed by atoms with Gasteiger partial charge in [0, 0.05) is 24.7 Å². The van der Waals surface area contributed by atoms with Crippen molar-refractivity contribution >= 4 is 17.5 Å². The first-order valence-electron chi connectivity index (χ1n) is 8.63. The van der Waals surface area contributed by atoms with Crippen molar-refractivity contribution in [3.63, 3.8) is 0 Å². The molecular weight excluding hydrogens is 352 g/mol. The molecule has 0 unspecified atom stereocenters. The van der Waals surface area contributed by atoms with E-state index < -0.39 is 11.0 Å². The molecule has 10 nitrogen and oxygen atoms in total. The van der Waals surface area contributed by atoms with Crippen molar-refractivity contribution in [2.45, 2.75) is 39.2 Å². The van der Waals surface area contributed by atoms with Gasteiger partial charge < -0.3 is 20.4 Å². The fraction of sp³-hybridized carbons (Fsp3) is 0.471. The van der Waals surface area contributed by atoms with Crippen molar-refractivity contribution in [3.05, 3.63) is 34.1 Å². The maximum Gasteiger partial charge on any atom is 0.404 e. The van der Waals surface area contributed by atoms with E-state index in [-0.39, 0.29) is 18.3 Å². The second-order valence-corrected chi connectivity index (χ2v) is 6.30. The van der Waals surface area contributed by atoms with Gasteiger partial charge in [-0.1, -0.05) is 6.07 Å². The molecular formula is C17H24N6O4. The molecule has 2 rings (SSSR count). The fourth-order valence-electron chi connectivity index (χ4n) is 2.72. The normalized spacial score (nSPS) is 11.8. The average Bonchev–Trinajstić information content (AvgIpc) is 2.93. The first-order chi connectivity index (χ1) is 12.8. The summed E-state index contributed by atoms with van der Waals surface area (Å²) in [6.45, 7) is 4.02. The molecule has 3 N–H and O–H groups in total. The Kier molecular flexibility index (Phi) is 6.69. The zero-order chi connectivity index (χ0) is 20.0. The molecule has 0 aliphatic rings. The highest BCUT2D eigenvalue weighted by molar-refractivity contribution is 5.81. The number of nitrogens with one attached hydrogen (secondary N) is 1. The maximum atomic E-state index is 11.5. The molecule has 0 saturated carbocycles. The van der Waals surface area contributed by atoms with E-state index in [1.165, 1.54) is 6.07 Å². The van der Waals surface area contributed by atoms with E-state index in [0.29, 0.717) is 29.3 Å². The summed E-state index contributed by atoms with van der Waals surface area (Å²) in [5.74, 6) is 1.27. The number of nitro benzene ring substituents is 1. The lowest BCUT2D eigenvalue weighted by Gasteiger charge is -2.18. The van der Waals surface area contributed by atoms with Gasteiger partial charge in [0.05, 0.1) is 11.5 Å². The van der Waals surface area contributed by atoms with Crippen molar-refractivity contribution in [1.82, 2.24) is 14.8 Å². The number of benzene rings is 1. The second kappa shape index (κ2) is 8.97. The second-order valence-electron chi connectivity index (χ2n) is 6.30. The van der Waals surface area contributed by atoms with Crippen LogP contribution >= 0.6 is 0 Å². The van der Waals surface area contributed by atoms with Crippen molar-refractivity contribution in [3.8, 4) is 11.4 Å². The van der Waals surface area contributed by atoms with Crippen molar-refractivity contribution in [1.29, 1.82) is 0 Å². The van der Waals surface area contributed by atoms with Crippen LogP contribution in [0.3, 0.4) is 0 Å². The number of aryl methyl sites for hydroxylation is 1. The zero-order valence-electron chi connectivity index (χ0n) is 15.6. The number of nitro groups is 1. The van der Waals surface area contributed by atoms with Crippen LogP contribution in [-0.4, -0.2) is 38.4 Å². The number of hydrogen-bond donors (Lipinski definition) is 2. The van der Waals surface area contributed by atoms with Crippen LogP contribution in [0.15, 0.2) is 18.2 Å². The van der Waals surface area contributed by atoms with Gasteiger partial charge in [0.2, 0.25) is 0 Å². The highest BCUT2D eigenvalue weighted by Crippen LogP contribution is 2.35. The molecule has 2 aromatic rings. The molecule has 10 heteroatoms. The number of aromatic nitrogens is 3. The summed E-state index contributed by atoms with van der Waals surface area (Å²) in [5, 5.41) is 22.9. The molecule has 1 amide bonds. The highest BCUT2D eigenvalue weighted by atomic mass is 16.6. The summed E-state index contributed by atoms with van der Waals surface area (Å²) in [6.07, 6.45) is 1.40. The van der Waals surface area contributed by atoms with Crippen LogP contribution in [-0.2, 0) is 11.8 Å². The van der Waals surface area contributed by atoms with E-state index >= 15 is 0 Å². The minimum absolute atomic E-state index is 0.0166. The molecule has 0 radical (unpaired) electrons. The fourth-order valence-corrected chi connectivity index (χ4v) is 2.72. The number of primary amides is 1. The molecule has 1 atom stereocenters. The van der Waals surface area contributed by atoms with Gasteiger partial charge in [-0.3, -0.25) is 10.1 Å². The van der Waals surface area contributed by atoms with Gasteiger partial charge in [-0.15, -0.1) is 10.2 Å². The van der Waals surface area contributed by atoms with Crippen molar-refractivity contribution in [2.24, 2.45) is 12.8 Å². The minimum atomic E-state index is -0.787. The molecule has 1 aromatic carbocycles. The number of nitrogens with zero attached hydrogens (tertiary/aromatic N) is 4. The van der Waals surface area contributed by atoms with Crippen LogP contribution in [0.2, 0.25) is 0 Å². The largest absolute Gasteiger partial charge is 0.450 e. The van der Waals surface area contributed by atoms with Gasteiger partial charge in [-0.25, -0.2) is 4.79 Å². The smallest absolute Gasteiger partial charge is 0.404 e. The molecule has 1 heterocycles. The maximum absolute atomic E-state index is 11.5. The van der Waals surface area contributed by atoms with Gasteiger partial charge in [-0.05, 0) is 39.2 Å². The molecule has 27 heavy (non-hydrogen) atoms. The molecule has 0 fully saturated rings. The molecule has 0 bridgehead atoms. The van der Waals surface area contributed by atoms with Gasteiger partial charge >= 0.3 is 6.09 Å². The summed E-state index contributed by atoms with van der Waals surface area (Å²) >= 11 is 0. The number of carbonyl (C=O) groups excluding carboxylic acids is 1. The standard InChI is InChI=1S/C17H24N6O4/c1-11(7-4-5-10-27-17(18)24)19-15-13(8-6-9-14(15)23(25)26)16-21-20-12(2)22(16)3/h6,8-9,11,19H,4-5,7,10H2,1-3H3,(H2,18,24)/t11-/m1/s1. The van der Waals surface area contributed by atoms with Crippen LogP contribution in [0.4, 0.5) is 16.2 Å². The first-order valence-corrected chi connectivity index (χ1v) is 8.63. The Morgan fingerprint density at radius 3 is 2.74 bits per heavy atom. The monoisotopic (exact) mass is 376 g/mol. The Morgan fingerprint density at radius 2 is 2.15 bits per heavy atom. The lowest BCUT2D eigenvalue weighted by atomic mass is 10.1. The molecule has 0 aliphatic carbocycles. The van der Waals surface area contributed by atoms with Crippen LogP contribution < -0.4 is 11.1 Å². The molecule has 146 valence electrons. The third-order valence-corrected chi connectivity index (χ3v) is 4.24. The molecule has 0 spiro atoms. The quantitative estimate of drug-likeness (QED) is 0.390. The van der Waals surface area contributed by atoms with E-state index in [1.807, 2.05) is 20.9 Å². The number of anilines is 1. The Balaban J connectivity index is 2.17. The van der Waals surface area contributed by atoms with Crippen LogP contribution in [0, 0.1) is 17.0 Å². The topological polar surface area (TPSA) is 138 Å². The van der Waals surface area contributed by atoms with Crippen LogP contribution in [0.1, 0.15) is 32.0 Å². The average molecular weight is 376 g/mol. The number of nitrogens with two attached hydrogens (primary N) is 1. The Bertz CT molecular complexity index is 820. The lowest BCUT2D eigenvalue weighted by Crippen LogP contribution is -2.18. The highest BCUT2D eigenvalue weighted by Gasteiger charge is 2.22. The van der Waals surface area contributed by atoms with E-state index in [0.717, 1.165) is 12.8 Å². The summed E-state index contributed by atoms with van der Waals surface area (Å²) in [7, 11) is 1.81. The van der Waals surface area contributed by atoms with Gasteiger partial charge in [0.15, 0.2) is 5.82 Å². The van der Waals surface area contributed by atoms with Gasteiger partial charge in [0.1, 0.15) is 11.5 Å².